The highest BCUT2D eigenvalue weighted by Gasteiger charge is 2.27. The first kappa shape index (κ1) is 25.3. The average molecular weight is 459 g/mol. The molecule has 7 nitrogen and oxygen atoms in total. The lowest BCUT2D eigenvalue weighted by Gasteiger charge is -2.38. The number of benzene rings is 1. The summed E-state index contributed by atoms with van der Waals surface area (Å²) in [5, 5.41) is 3.31. The maximum atomic E-state index is 12.2. The van der Waals surface area contributed by atoms with Crippen molar-refractivity contribution in [1.29, 1.82) is 0 Å². The summed E-state index contributed by atoms with van der Waals surface area (Å²) in [6.07, 6.45) is 4.17. The molecule has 1 aromatic carbocycles. The smallest absolute Gasteiger partial charge is 0.410 e. The summed E-state index contributed by atoms with van der Waals surface area (Å²) in [5.41, 5.74) is 1.90. The van der Waals surface area contributed by atoms with E-state index in [9.17, 15) is 9.59 Å². The van der Waals surface area contributed by atoms with E-state index in [0.717, 1.165) is 70.6 Å². The number of anilines is 2. The van der Waals surface area contributed by atoms with Gasteiger partial charge in [0, 0.05) is 63.1 Å². The van der Waals surface area contributed by atoms with Gasteiger partial charge < -0.3 is 24.6 Å². The number of hydrogen-bond donors (Lipinski definition) is 1. The predicted octanol–water partition coefficient (Wildman–Crippen LogP) is 4.09. The van der Waals surface area contributed by atoms with Crippen LogP contribution in [0.4, 0.5) is 16.2 Å². The number of ether oxygens (including phenoxy) is 1. The quantitative estimate of drug-likeness (QED) is 0.592. The van der Waals surface area contributed by atoms with Crippen molar-refractivity contribution < 1.29 is 14.3 Å². The Morgan fingerprint density at radius 2 is 1.73 bits per heavy atom. The van der Waals surface area contributed by atoms with Gasteiger partial charge in [-0.15, -0.1) is 0 Å². The Morgan fingerprint density at radius 3 is 2.30 bits per heavy atom. The first-order valence-corrected chi connectivity index (χ1v) is 12.5. The summed E-state index contributed by atoms with van der Waals surface area (Å²) in [4.78, 5) is 29.9. The summed E-state index contributed by atoms with van der Waals surface area (Å²) in [7, 11) is 0. The van der Waals surface area contributed by atoms with E-state index < -0.39 is 5.60 Å². The van der Waals surface area contributed by atoms with Crippen molar-refractivity contribution in [2.45, 2.75) is 52.6 Å². The number of rotatable bonds is 8. The van der Waals surface area contributed by atoms with Gasteiger partial charge >= 0.3 is 6.09 Å². The third-order valence-electron chi connectivity index (χ3n) is 6.59. The van der Waals surface area contributed by atoms with Crippen LogP contribution in [0.15, 0.2) is 24.3 Å². The lowest BCUT2D eigenvalue weighted by Crippen LogP contribution is -2.47. The molecule has 0 aliphatic carbocycles. The monoisotopic (exact) mass is 458 g/mol. The third-order valence-corrected chi connectivity index (χ3v) is 6.59. The number of piperidine rings is 1. The molecule has 2 aliphatic heterocycles. The minimum absolute atomic E-state index is 0.0234. The van der Waals surface area contributed by atoms with Crippen molar-refractivity contribution >= 4 is 23.8 Å². The highest BCUT2D eigenvalue weighted by molar-refractivity contribution is 5.68. The van der Waals surface area contributed by atoms with Crippen molar-refractivity contribution in [2.24, 2.45) is 11.8 Å². The number of nitrogens with zero attached hydrogens (tertiary/aromatic N) is 3. The van der Waals surface area contributed by atoms with Crippen molar-refractivity contribution in [1.82, 2.24) is 9.80 Å². The summed E-state index contributed by atoms with van der Waals surface area (Å²) >= 11 is 0. The third kappa shape index (κ3) is 8.22. The number of piperazine rings is 1. The maximum Gasteiger partial charge on any atom is 0.410 e. The number of amides is 1. The molecule has 2 saturated heterocycles. The van der Waals surface area contributed by atoms with Crippen LogP contribution in [0.1, 0.15) is 47.0 Å². The number of hydrogen-bond acceptors (Lipinski definition) is 6. The molecule has 0 saturated carbocycles. The van der Waals surface area contributed by atoms with Crippen LogP contribution in [-0.2, 0) is 9.53 Å². The van der Waals surface area contributed by atoms with E-state index in [1.54, 1.807) is 0 Å². The van der Waals surface area contributed by atoms with Gasteiger partial charge in [-0.1, -0.05) is 6.92 Å². The van der Waals surface area contributed by atoms with E-state index >= 15 is 0 Å². The highest BCUT2D eigenvalue weighted by Crippen LogP contribution is 2.24. The summed E-state index contributed by atoms with van der Waals surface area (Å²) in [5.74, 6) is 0.721. The van der Waals surface area contributed by atoms with Crippen molar-refractivity contribution in [2.75, 3.05) is 62.6 Å². The number of aldehydes is 1. The molecular weight excluding hydrogens is 416 g/mol. The van der Waals surface area contributed by atoms with Gasteiger partial charge in [-0.05, 0) is 76.8 Å². The number of likely N-dealkylation sites (tertiary alicyclic amines) is 1. The summed E-state index contributed by atoms with van der Waals surface area (Å²) < 4.78 is 5.50. The molecule has 1 amide bonds. The molecule has 1 unspecified atom stereocenters. The SMILES string of the molecule is CC(C=O)CNc1ccc(N2CCN(CCC3CCN(C(=O)OC(C)(C)C)CC3)CC2)cc1. The lowest BCUT2D eigenvalue weighted by molar-refractivity contribution is -0.110. The molecule has 0 bridgehead atoms. The number of nitrogens with one attached hydrogen (secondary N) is 1. The van der Waals surface area contributed by atoms with Crippen LogP contribution in [0.2, 0.25) is 0 Å². The van der Waals surface area contributed by atoms with Gasteiger partial charge in [-0.2, -0.15) is 0 Å². The average Bonchev–Trinajstić information content (AvgIpc) is 2.81. The molecule has 33 heavy (non-hydrogen) atoms. The fourth-order valence-corrected chi connectivity index (χ4v) is 4.44. The predicted molar refractivity (Wildman–Crippen MR) is 134 cm³/mol. The van der Waals surface area contributed by atoms with Gasteiger partial charge in [0.25, 0.3) is 0 Å². The molecule has 0 spiro atoms. The van der Waals surface area contributed by atoms with Crippen LogP contribution in [-0.4, -0.2) is 80.1 Å². The maximum absolute atomic E-state index is 12.2. The molecule has 7 heteroatoms. The Hall–Kier alpha value is -2.28. The minimum Gasteiger partial charge on any atom is -0.444 e. The van der Waals surface area contributed by atoms with E-state index in [0.29, 0.717) is 12.5 Å². The van der Waals surface area contributed by atoms with Crippen LogP contribution < -0.4 is 10.2 Å². The zero-order valence-corrected chi connectivity index (χ0v) is 20.9. The molecule has 0 radical (unpaired) electrons. The Morgan fingerprint density at radius 1 is 1.09 bits per heavy atom. The fourth-order valence-electron chi connectivity index (χ4n) is 4.44. The molecule has 0 aromatic heterocycles. The normalized spacial score (nSPS) is 19.3. The molecular formula is C26H42N4O3. The summed E-state index contributed by atoms with van der Waals surface area (Å²) in [6.45, 7) is 15.4. The minimum atomic E-state index is -0.426. The van der Waals surface area contributed by atoms with E-state index in [1.807, 2.05) is 32.6 Å². The second-order valence-electron chi connectivity index (χ2n) is 10.6. The Labute approximate surface area is 199 Å². The molecule has 1 N–H and O–H groups in total. The molecule has 1 aromatic rings. The first-order valence-electron chi connectivity index (χ1n) is 12.5. The van der Waals surface area contributed by atoms with Crippen LogP contribution in [0.3, 0.4) is 0 Å². The van der Waals surface area contributed by atoms with Gasteiger partial charge in [0.05, 0.1) is 0 Å². The number of carbonyl (C=O) groups is 2. The first-order chi connectivity index (χ1) is 15.7. The van der Waals surface area contributed by atoms with Gasteiger partial charge in [0.15, 0.2) is 0 Å². The van der Waals surface area contributed by atoms with Crippen molar-refractivity contribution in [3.63, 3.8) is 0 Å². The number of carbonyl (C=O) groups excluding carboxylic acids is 2. The Bertz CT molecular complexity index is 746. The molecule has 1 atom stereocenters. The summed E-state index contributed by atoms with van der Waals surface area (Å²) in [6, 6.07) is 8.54. The second-order valence-corrected chi connectivity index (χ2v) is 10.6. The zero-order valence-electron chi connectivity index (χ0n) is 20.9. The van der Waals surface area contributed by atoms with Crippen molar-refractivity contribution in [3.05, 3.63) is 24.3 Å². The topological polar surface area (TPSA) is 65.1 Å². The van der Waals surface area contributed by atoms with Crippen LogP contribution in [0.25, 0.3) is 0 Å². The molecule has 2 heterocycles. The van der Waals surface area contributed by atoms with Gasteiger partial charge in [0.1, 0.15) is 11.9 Å². The Balaban J connectivity index is 1.33. The van der Waals surface area contributed by atoms with Gasteiger partial charge in [-0.3, -0.25) is 4.90 Å². The largest absolute Gasteiger partial charge is 0.444 e. The van der Waals surface area contributed by atoms with E-state index in [1.165, 1.54) is 12.1 Å². The molecule has 2 fully saturated rings. The van der Waals surface area contributed by atoms with Crippen LogP contribution >= 0.6 is 0 Å². The molecule has 184 valence electrons. The molecule has 3 rings (SSSR count). The lowest BCUT2D eigenvalue weighted by atomic mass is 9.93. The van der Waals surface area contributed by atoms with Gasteiger partial charge in [-0.25, -0.2) is 4.79 Å². The van der Waals surface area contributed by atoms with Crippen LogP contribution in [0, 0.1) is 11.8 Å². The standard InChI is InChI=1S/C26H42N4O3/c1-21(20-31)19-27-23-5-7-24(8-6-23)29-17-15-28(16-18-29)12-9-22-10-13-30(14-11-22)25(32)33-26(2,3)4/h5-8,20-22,27H,9-19H2,1-4H3. The van der Waals surface area contributed by atoms with Crippen LogP contribution in [0.5, 0.6) is 0 Å². The van der Waals surface area contributed by atoms with E-state index in [-0.39, 0.29) is 12.0 Å². The second kappa shape index (κ2) is 11.7. The highest BCUT2D eigenvalue weighted by atomic mass is 16.6. The Kier molecular flexibility index (Phi) is 9.01. The van der Waals surface area contributed by atoms with Gasteiger partial charge in [0.2, 0.25) is 0 Å². The zero-order chi connectivity index (χ0) is 23.8. The van der Waals surface area contributed by atoms with E-state index in [4.69, 9.17) is 4.74 Å². The fraction of sp³-hybridized carbons (Fsp3) is 0.692. The van der Waals surface area contributed by atoms with E-state index in [2.05, 4.69) is 39.4 Å². The van der Waals surface area contributed by atoms with Crippen molar-refractivity contribution in [3.8, 4) is 0 Å². The molecule has 2 aliphatic rings.